The Kier molecular flexibility index (Phi) is 2.59. The van der Waals surface area contributed by atoms with E-state index in [4.69, 9.17) is 4.74 Å². The number of aryl methyl sites for hydroxylation is 2. The van der Waals surface area contributed by atoms with Crippen molar-refractivity contribution in [1.82, 2.24) is 9.88 Å². The average Bonchev–Trinajstić information content (AvgIpc) is 2.63. The molecule has 0 aliphatic carbocycles. The lowest BCUT2D eigenvalue weighted by Gasteiger charge is -2.22. The largest absolute Gasteiger partial charge is 0.495 e. The molecule has 0 fully saturated rings. The topological polar surface area (TPSA) is 26.2 Å². The summed E-state index contributed by atoms with van der Waals surface area (Å²) >= 11 is 0. The van der Waals surface area contributed by atoms with Gasteiger partial charge in [-0.3, -0.25) is 0 Å². The van der Waals surface area contributed by atoms with Crippen molar-refractivity contribution in [2.24, 2.45) is 7.05 Å². The van der Waals surface area contributed by atoms with Crippen LogP contribution in [0.4, 0.5) is 0 Å². The summed E-state index contributed by atoms with van der Waals surface area (Å²) in [5, 5.41) is 4.84. The molecule has 96 valence electrons. The van der Waals surface area contributed by atoms with Crippen molar-refractivity contribution in [2.75, 3.05) is 13.7 Å². The Morgan fingerprint density at radius 3 is 2.89 bits per heavy atom. The Morgan fingerprint density at radius 1 is 1.39 bits per heavy atom. The Balaban J connectivity index is 2.42. The summed E-state index contributed by atoms with van der Waals surface area (Å²) in [6.45, 7) is 6.42. The van der Waals surface area contributed by atoms with Crippen molar-refractivity contribution in [2.45, 2.75) is 26.3 Å². The zero-order valence-electron chi connectivity index (χ0n) is 11.5. The molecule has 18 heavy (non-hydrogen) atoms. The van der Waals surface area contributed by atoms with Crippen LogP contribution in [0.5, 0.6) is 5.75 Å². The van der Waals surface area contributed by atoms with E-state index in [0.29, 0.717) is 5.92 Å². The van der Waals surface area contributed by atoms with Crippen molar-refractivity contribution in [3.8, 4) is 5.75 Å². The molecule has 1 N–H and O–H groups in total. The second-order valence-corrected chi connectivity index (χ2v) is 5.32. The van der Waals surface area contributed by atoms with E-state index in [1.807, 2.05) is 0 Å². The summed E-state index contributed by atoms with van der Waals surface area (Å²) in [5.41, 5.74) is 5.37. The summed E-state index contributed by atoms with van der Waals surface area (Å²) in [7, 11) is 3.91. The van der Waals surface area contributed by atoms with Crippen LogP contribution in [0.15, 0.2) is 12.1 Å². The summed E-state index contributed by atoms with van der Waals surface area (Å²) in [4.78, 5) is 0. The van der Waals surface area contributed by atoms with Crippen LogP contribution in [0.1, 0.15) is 29.7 Å². The number of aromatic nitrogens is 1. The molecule has 2 aromatic rings. The van der Waals surface area contributed by atoms with Gasteiger partial charge in [-0.25, -0.2) is 0 Å². The fraction of sp³-hybridized carbons (Fsp3) is 0.467. The number of nitrogens with zero attached hydrogens (tertiary/aromatic N) is 1. The van der Waals surface area contributed by atoms with Crippen molar-refractivity contribution < 1.29 is 4.74 Å². The van der Waals surface area contributed by atoms with Crippen molar-refractivity contribution in [3.05, 3.63) is 29.0 Å². The molecule has 1 unspecified atom stereocenters. The van der Waals surface area contributed by atoms with Crippen LogP contribution >= 0.6 is 0 Å². The number of hydrogen-bond acceptors (Lipinski definition) is 2. The minimum absolute atomic E-state index is 0.552. The van der Waals surface area contributed by atoms with Gasteiger partial charge in [0.2, 0.25) is 0 Å². The number of methoxy groups -OCH3 is 1. The number of nitrogens with one attached hydrogen (secondary N) is 1. The molecule has 0 saturated heterocycles. The monoisotopic (exact) mass is 244 g/mol. The maximum absolute atomic E-state index is 5.56. The van der Waals surface area contributed by atoms with E-state index >= 15 is 0 Å². The zero-order chi connectivity index (χ0) is 12.9. The Bertz CT molecular complexity index is 613. The van der Waals surface area contributed by atoms with E-state index in [9.17, 15) is 0 Å². The van der Waals surface area contributed by atoms with Gasteiger partial charge >= 0.3 is 0 Å². The summed E-state index contributed by atoms with van der Waals surface area (Å²) < 4.78 is 7.87. The molecule has 0 spiro atoms. The normalized spacial score (nSPS) is 19.0. The molecule has 0 amide bonds. The van der Waals surface area contributed by atoms with Crippen LogP contribution < -0.4 is 10.1 Å². The quantitative estimate of drug-likeness (QED) is 0.834. The SMILES string of the molecule is COc1cc(C)cc2c3c(n(C)c12)C(C)CNC3. The Hall–Kier alpha value is -1.48. The molecule has 1 aromatic heterocycles. The van der Waals surface area contributed by atoms with Gasteiger partial charge in [-0.2, -0.15) is 0 Å². The molecule has 1 atom stereocenters. The van der Waals surface area contributed by atoms with Crippen LogP contribution in [-0.2, 0) is 13.6 Å². The molecule has 0 radical (unpaired) electrons. The third kappa shape index (κ3) is 1.47. The van der Waals surface area contributed by atoms with Gasteiger partial charge in [0.15, 0.2) is 0 Å². The lowest BCUT2D eigenvalue weighted by molar-refractivity contribution is 0.417. The third-order valence-corrected chi connectivity index (χ3v) is 3.99. The van der Waals surface area contributed by atoms with Crippen molar-refractivity contribution in [3.63, 3.8) is 0 Å². The second-order valence-electron chi connectivity index (χ2n) is 5.32. The predicted octanol–water partition coefficient (Wildman–Crippen LogP) is 2.70. The Labute approximate surface area is 108 Å². The van der Waals surface area contributed by atoms with Gasteiger partial charge in [0, 0.05) is 37.1 Å². The lowest BCUT2D eigenvalue weighted by Crippen LogP contribution is -2.27. The molecular weight excluding hydrogens is 224 g/mol. The third-order valence-electron chi connectivity index (χ3n) is 3.99. The van der Waals surface area contributed by atoms with Gasteiger partial charge in [0.25, 0.3) is 0 Å². The zero-order valence-corrected chi connectivity index (χ0v) is 11.5. The Morgan fingerprint density at radius 2 is 2.17 bits per heavy atom. The maximum Gasteiger partial charge on any atom is 0.143 e. The van der Waals surface area contributed by atoms with Crippen LogP contribution in [0, 0.1) is 6.92 Å². The minimum atomic E-state index is 0.552. The highest BCUT2D eigenvalue weighted by molar-refractivity contribution is 5.91. The van der Waals surface area contributed by atoms with E-state index < -0.39 is 0 Å². The van der Waals surface area contributed by atoms with E-state index in [1.54, 1.807) is 7.11 Å². The molecule has 0 bridgehead atoms. The summed E-state index contributed by atoms with van der Waals surface area (Å²) in [6, 6.07) is 4.39. The molecule has 1 aromatic carbocycles. The first-order chi connectivity index (χ1) is 8.63. The molecule has 1 aliphatic heterocycles. The number of hydrogen-bond donors (Lipinski definition) is 1. The van der Waals surface area contributed by atoms with Crippen LogP contribution in [0.2, 0.25) is 0 Å². The molecule has 3 heteroatoms. The molecule has 3 nitrogen and oxygen atoms in total. The molecule has 2 heterocycles. The standard InChI is InChI=1S/C15H20N2O/c1-9-5-11-12-8-16-7-10(2)14(12)17(3)15(11)13(6-9)18-4/h5-6,10,16H,7-8H2,1-4H3. The summed E-state index contributed by atoms with van der Waals surface area (Å²) in [6.07, 6.45) is 0. The predicted molar refractivity (Wildman–Crippen MR) is 74.3 cm³/mol. The van der Waals surface area contributed by atoms with Gasteiger partial charge in [-0.05, 0) is 30.2 Å². The van der Waals surface area contributed by atoms with Crippen molar-refractivity contribution >= 4 is 10.9 Å². The number of rotatable bonds is 1. The number of benzene rings is 1. The van der Waals surface area contributed by atoms with Gasteiger partial charge < -0.3 is 14.6 Å². The van der Waals surface area contributed by atoms with Gasteiger partial charge in [0.05, 0.1) is 12.6 Å². The highest BCUT2D eigenvalue weighted by Crippen LogP contribution is 2.37. The van der Waals surface area contributed by atoms with E-state index in [2.05, 4.69) is 42.9 Å². The van der Waals surface area contributed by atoms with Gasteiger partial charge in [-0.1, -0.05) is 6.92 Å². The lowest BCUT2D eigenvalue weighted by atomic mass is 9.97. The number of fused-ring (bicyclic) bond motifs is 3. The highest BCUT2D eigenvalue weighted by atomic mass is 16.5. The van der Waals surface area contributed by atoms with Crippen LogP contribution in [0.25, 0.3) is 10.9 Å². The van der Waals surface area contributed by atoms with Gasteiger partial charge in [0.1, 0.15) is 5.75 Å². The van der Waals surface area contributed by atoms with Crippen molar-refractivity contribution in [1.29, 1.82) is 0 Å². The van der Waals surface area contributed by atoms with Crippen LogP contribution in [0.3, 0.4) is 0 Å². The maximum atomic E-state index is 5.56. The number of ether oxygens (including phenoxy) is 1. The smallest absolute Gasteiger partial charge is 0.143 e. The first-order valence-corrected chi connectivity index (χ1v) is 6.50. The van der Waals surface area contributed by atoms with Gasteiger partial charge in [-0.15, -0.1) is 0 Å². The molecule has 1 aliphatic rings. The van der Waals surface area contributed by atoms with E-state index in [-0.39, 0.29) is 0 Å². The summed E-state index contributed by atoms with van der Waals surface area (Å²) in [5.74, 6) is 1.53. The molecule has 3 rings (SSSR count). The molecule has 0 saturated carbocycles. The second kappa shape index (κ2) is 4.02. The first-order valence-electron chi connectivity index (χ1n) is 6.50. The highest BCUT2D eigenvalue weighted by Gasteiger charge is 2.24. The van der Waals surface area contributed by atoms with E-state index in [1.165, 1.54) is 27.7 Å². The fourth-order valence-corrected chi connectivity index (χ4v) is 3.26. The fourth-order valence-electron chi connectivity index (χ4n) is 3.26. The molecular formula is C15H20N2O. The van der Waals surface area contributed by atoms with Crippen LogP contribution in [-0.4, -0.2) is 18.2 Å². The average molecular weight is 244 g/mol. The first kappa shape index (κ1) is 11.6. The minimum Gasteiger partial charge on any atom is -0.495 e. The van der Waals surface area contributed by atoms with E-state index in [0.717, 1.165) is 18.8 Å².